The van der Waals surface area contributed by atoms with Crippen molar-refractivity contribution in [2.45, 2.75) is 10.1 Å². The first-order valence-corrected chi connectivity index (χ1v) is 6.82. The standard InChI is InChI=1S/C12H14ClN5S/c1-14-10-15-11(18(2)3)17-12(16-10)19-9-6-4-8(13)5-7-9/h4-7H,1-3H3,(H,14,15,16,17). The molecule has 2 rings (SSSR count). The van der Waals surface area contributed by atoms with Crippen molar-refractivity contribution in [3.63, 3.8) is 0 Å². The number of hydrogen-bond donors (Lipinski definition) is 1. The minimum atomic E-state index is 0.551. The lowest BCUT2D eigenvalue weighted by molar-refractivity contribution is 0.870. The Bertz CT molecular complexity index is 559. The predicted molar refractivity (Wildman–Crippen MR) is 79.3 cm³/mol. The molecule has 7 heteroatoms. The van der Waals surface area contributed by atoms with Crippen LogP contribution >= 0.6 is 23.4 Å². The summed E-state index contributed by atoms with van der Waals surface area (Å²) in [7, 11) is 5.57. The van der Waals surface area contributed by atoms with E-state index in [1.54, 1.807) is 7.05 Å². The maximum absolute atomic E-state index is 5.86. The van der Waals surface area contributed by atoms with Crippen LogP contribution in [0.4, 0.5) is 11.9 Å². The first kappa shape index (κ1) is 13.9. The van der Waals surface area contributed by atoms with E-state index in [0.717, 1.165) is 4.90 Å². The van der Waals surface area contributed by atoms with Crippen LogP contribution < -0.4 is 10.2 Å². The lowest BCUT2D eigenvalue weighted by atomic mass is 10.4. The highest BCUT2D eigenvalue weighted by Crippen LogP contribution is 2.27. The Morgan fingerprint density at radius 2 is 1.79 bits per heavy atom. The Hall–Kier alpha value is -1.53. The molecule has 0 spiro atoms. The molecule has 0 aliphatic heterocycles. The van der Waals surface area contributed by atoms with E-state index < -0.39 is 0 Å². The van der Waals surface area contributed by atoms with Crippen LogP contribution in [0.5, 0.6) is 0 Å². The largest absolute Gasteiger partial charge is 0.357 e. The van der Waals surface area contributed by atoms with Gasteiger partial charge in [0.15, 0.2) is 5.16 Å². The van der Waals surface area contributed by atoms with Crippen LogP contribution in [-0.4, -0.2) is 36.1 Å². The molecule has 0 atom stereocenters. The van der Waals surface area contributed by atoms with Crippen molar-refractivity contribution in [3.8, 4) is 0 Å². The molecule has 0 aliphatic carbocycles. The van der Waals surface area contributed by atoms with Crippen LogP contribution in [-0.2, 0) is 0 Å². The minimum Gasteiger partial charge on any atom is -0.357 e. The molecule has 0 saturated carbocycles. The molecule has 0 bridgehead atoms. The smallest absolute Gasteiger partial charge is 0.230 e. The Morgan fingerprint density at radius 1 is 1.11 bits per heavy atom. The van der Waals surface area contributed by atoms with Gasteiger partial charge in [-0.3, -0.25) is 0 Å². The van der Waals surface area contributed by atoms with Crippen molar-refractivity contribution >= 4 is 35.3 Å². The molecule has 1 heterocycles. The Balaban J connectivity index is 2.28. The van der Waals surface area contributed by atoms with E-state index >= 15 is 0 Å². The third-order valence-corrected chi connectivity index (χ3v) is 3.37. The van der Waals surface area contributed by atoms with Crippen LogP contribution in [0, 0.1) is 0 Å². The van der Waals surface area contributed by atoms with Crippen molar-refractivity contribution in [2.24, 2.45) is 0 Å². The highest BCUT2D eigenvalue weighted by molar-refractivity contribution is 7.99. The average Bonchev–Trinajstić information content (AvgIpc) is 2.41. The second-order valence-corrected chi connectivity index (χ2v) is 5.42. The fourth-order valence-electron chi connectivity index (χ4n) is 1.31. The van der Waals surface area contributed by atoms with Gasteiger partial charge in [-0.25, -0.2) is 0 Å². The number of halogens is 1. The molecular weight excluding hydrogens is 282 g/mol. The molecule has 100 valence electrons. The summed E-state index contributed by atoms with van der Waals surface area (Å²) in [4.78, 5) is 15.9. The summed E-state index contributed by atoms with van der Waals surface area (Å²) in [6, 6.07) is 7.56. The van der Waals surface area contributed by atoms with Crippen LogP contribution in [0.2, 0.25) is 5.02 Å². The second-order valence-electron chi connectivity index (χ2n) is 3.94. The number of benzene rings is 1. The number of aromatic nitrogens is 3. The zero-order valence-corrected chi connectivity index (χ0v) is 12.5. The van der Waals surface area contributed by atoms with Crippen molar-refractivity contribution < 1.29 is 0 Å². The molecule has 5 nitrogen and oxygen atoms in total. The summed E-state index contributed by atoms with van der Waals surface area (Å²) in [6.07, 6.45) is 0. The zero-order chi connectivity index (χ0) is 13.8. The van der Waals surface area contributed by atoms with Crippen molar-refractivity contribution in [1.29, 1.82) is 0 Å². The normalized spacial score (nSPS) is 10.3. The average molecular weight is 296 g/mol. The molecule has 1 aromatic heterocycles. The summed E-state index contributed by atoms with van der Waals surface area (Å²) in [6.45, 7) is 0. The van der Waals surface area contributed by atoms with Gasteiger partial charge in [0, 0.05) is 31.1 Å². The topological polar surface area (TPSA) is 53.9 Å². The molecule has 0 saturated heterocycles. The summed E-state index contributed by atoms with van der Waals surface area (Å²) < 4.78 is 0. The Labute approximate surface area is 121 Å². The van der Waals surface area contributed by atoms with Gasteiger partial charge in [0.05, 0.1) is 0 Å². The summed E-state index contributed by atoms with van der Waals surface area (Å²) in [5, 5.41) is 4.29. The molecule has 0 unspecified atom stereocenters. The van der Waals surface area contributed by atoms with E-state index in [2.05, 4.69) is 20.3 Å². The molecule has 0 radical (unpaired) electrons. The molecule has 0 fully saturated rings. The van der Waals surface area contributed by atoms with E-state index in [4.69, 9.17) is 11.6 Å². The van der Waals surface area contributed by atoms with Crippen LogP contribution in [0.1, 0.15) is 0 Å². The highest BCUT2D eigenvalue weighted by atomic mass is 35.5. The van der Waals surface area contributed by atoms with Gasteiger partial charge < -0.3 is 10.2 Å². The van der Waals surface area contributed by atoms with E-state index in [0.29, 0.717) is 22.1 Å². The van der Waals surface area contributed by atoms with Gasteiger partial charge in [0.1, 0.15) is 0 Å². The fourth-order valence-corrected chi connectivity index (χ4v) is 2.18. The summed E-state index contributed by atoms with van der Waals surface area (Å²) in [5.74, 6) is 1.17. The van der Waals surface area contributed by atoms with Gasteiger partial charge in [-0.2, -0.15) is 15.0 Å². The van der Waals surface area contributed by atoms with Gasteiger partial charge in [0.25, 0.3) is 0 Å². The van der Waals surface area contributed by atoms with E-state index in [-0.39, 0.29) is 0 Å². The number of anilines is 2. The maximum atomic E-state index is 5.86. The van der Waals surface area contributed by atoms with Gasteiger partial charge in [-0.1, -0.05) is 11.6 Å². The summed E-state index contributed by atoms with van der Waals surface area (Å²) >= 11 is 7.33. The third kappa shape index (κ3) is 3.71. The van der Waals surface area contributed by atoms with Gasteiger partial charge in [0.2, 0.25) is 11.9 Å². The molecule has 1 N–H and O–H groups in total. The Kier molecular flexibility index (Phi) is 4.44. The lowest BCUT2D eigenvalue weighted by Gasteiger charge is -2.12. The monoisotopic (exact) mass is 295 g/mol. The zero-order valence-electron chi connectivity index (χ0n) is 10.9. The van der Waals surface area contributed by atoms with E-state index in [1.165, 1.54) is 11.8 Å². The SMILES string of the molecule is CNc1nc(Sc2ccc(Cl)cc2)nc(N(C)C)n1. The number of nitrogens with one attached hydrogen (secondary N) is 1. The first-order chi connectivity index (χ1) is 9.08. The molecule has 19 heavy (non-hydrogen) atoms. The molecule has 0 amide bonds. The van der Waals surface area contributed by atoms with Gasteiger partial charge in [-0.05, 0) is 36.0 Å². The minimum absolute atomic E-state index is 0.551. The number of rotatable bonds is 4. The fraction of sp³-hybridized carbons (Fsp3) is 0.250. The summed E-state index contributed by atoms with van der Waals surface area (Å²) in [5.41, 5.74) is 0. The Morgan fingerprint density at radius 3 is 2.37 bits per heavy atom. The number of nitrogens with zero attached hydrogens (tertiary/aromatic N) is 4. The molecule has 0 aliphatic rings. The van der Waals surface area contributed by atoms with Crippen LogP contribution in [0.15, 0.2) is 34.3 Å². The first-order valence-electron chi connectivity index (χ1n) is 5.63. The number of hydrogen-bond acceptors (Lipinski definition) is 6. The lowest BCUT2D eigenvalue weighted by Crippen LogP contribution is -2.15. The quantitative estimate of drug-likeness (QED) is 0.936. The van der Waals surface area contributed by atoms with Crippen molar-refractivity contribution in [3.05, 3.63) is 29.3 Å². The highest BCUT2D eigenvalue weighted by Gasteiger charge is 2.08. The van der Waals surface area contributed by atoms with E-state index in [1.807, 2.05) is 43.3 Å². The molecule has 2 aromatic rings. The van der Waals surface area contributed by atoms with Crippen LogP contribution in [0.3, 0.4) is 0 Å². The predicted octanol–water partition coefficient (Wildman–Crippen LogP) is 2.78. The molecule has 1 aromatic carbocycles. The maximum Gasteiger partial charge on any atom is 0.230 e. The second kappa shape index (κ2) is 6.08. The third-order valence-electron chi connectivity index (χ3n) is 2.25. The van der Waals surface area contributed by atoms with Crippen molar-refractivity contribution in [1.82, 2.24) is 15.0 Å². The van der Waals surface area contributed by atoms with Crippen molar-refractivity contribution in [2.75, 3.05) is 31.4 Å². The van der Waals surface area contributed by atoms with Gasteiger partial charge >= 0.3 is 0 Å². The van der Waals surface area contributed by atoms with Crippen LogP contribution in [0.25, 0.3) is 0 Å². The van der Waals surface area contributed by atoms with Gasteiger partial charge in [-0.15, -0.1) is 0 Å². The molecular formula is C12H14ClN5S. The van der Waals surface area contributed by atoms with E-state index in [9.17, 15) is 0 Å².